The zero-order valence-electron chi connectivity index (χ0n) is 13.1. The second kappa shape index (κ2) is 7.06. The van der Waals surface area contributed by atoms with Crippen molar-refractivity contribution >= 4 is 31.5 Å². The van der Waals surface area contributed by atoms with E-state index in [1.807, 2.05) is 0 Å². The minimum absolute atomic E-state index is 0.0446. The van der Waals surface area contributed by atoms with Gasteiger partial charge in [0.05, 0.1) is 23.4 Å². The molecule has 2 rings (SSSR count). The van der Waals surface area contributed by atoms with Gasteiger partial charge in [-0.2, -0.15) is 0 Å². The summed E-state index contributed by atoms with van der Waals surface area (Å²) < 4.78 is 60.5. The Balaban J connectivity index is 1.98. The molecule has 0 bridgehead atoms. The van der Waals surface area contributed by atoms with E-state index in [1.165, 1.54) is 12.1 Å². The van der Waals surface area contributed by atoms with Crippen molar-refractivity contribution in [2.45, 2.75) is 18.9 Å². The van der Waals surface area contributed by atoms with E-state index in [0.717, 1.165) is 22.7 Å². The number of sulfonamides is 1. The third-order valence-electron chi connectivity index (χ3n) is 3.65. The number of rotatable bonds is 6. The number of hydrogen-bond donors (Lipinski definition) is 1. The number of sulfone groups is 1. The van der Waals surface area contributed by atoms with Gasteiger partial charge in [-0.05, 0) is 30.7 Å². The van der Waals surface area contributed by atoms with Crippen LogP contribution >= 0.6 is 0 Å². The molecule has 7 nitrogen and oxygen atoms in total. The van der Waals surface area contributed by atoms with Crippen LogP contribution in [0.3, 0.4) is 0 Å². The van der Waals surface area contributed by atoms with Crippen molar-refractivity contribution in [3.8, 4) is 0 Å². The standard InChI is InChI=1S/C14H19FN2O5S2/c1-23(19,20)17(13-4-2-11(15)3-5-13)8-6-14(18)16-12-7-9-24(21,22)10-12/h2-5,12H,6-10H2,1H3,(H,16,18). The van der Waals surface area contributed by atoms with Crippen molar-refractivity contribution in [1.82, 2.24) is 5.32 Å². The molecule has 1 saturated heterocycles. The van der Waals surface area contributed by atoms with E-state index in [4.69, 9.17) is 0 Å². The summed E-state index contributed by atoms with van der Waals surface area (Å²) in [5, 5.41) is 2.60. The number of halogens is 1. The van der Waals surface area contributed by atoms with Gasteiger partial charge in [0, 0.05) is 19.0 Å². The summed E-state index contributed by atoms with van der Waals surface area (Å²) in [6, 6.07) is 4.48. The fourth-order valence-electron chi connectivity index (χ4n) is 2.51. The molecule has 0 radical (unpaired) electrons. The molecule has 1 N–H and O–H groups in total. The zero-order valence-corrected chi connectivity index (χ0v) is 14.7. The highest BCUT2D eigenvalue weighted by molar-refractivity contribution is 7.92. The molecule has 1 fully saturated rings. The van der Waals surface area contributed by atoms with Gasteiger partial charge < -0.3 is 5.32 Å². The van der Waals surface area contributed by atoms with E-state index < -0.39 is 37.6 Å². The highest BCUT2D eigenvalue weighted by Crippen LogP contribution is 2.18. The second-order valence-electron chi connectivity index (χ2n) is 5.73. The van der Waals surface area contributed by atoms with Crippen LogP contribution in [0.1, 0.15) is 12.8 Å². The van der Waals surface area contributed by atoms with E-state index in [-0.39, 0.29) is 30.2 Å². The number of carbonyl (C=O) groups excluding carboxylic acids is 1. The Bertz CT molecular complexity index is 806. The van der Waals surface area contributed by atoms with E-state index in [0.29, 0.717) is 6.42 Å². The molecule has 1 aliphatic heterocycles. The van der Waals surface area contributed by atoms with Crippen LogP contribution in [0.25, 0.3) is 0 Å². The summed E-state index contributed by atoms with van der Waals surface area (Å²) in [6.07, 6.45) is 1.24. The van der Waals surface area contributed by atoms with E-state index in [2.05, 4.69) is 5.32 Å². The lowest BCUT2D eigenvalue weighted by Gasteiger charge is -2.22. The van der Waals surface area contributed by atoms with Crippen LogP contribution in [0.15, 0.2) is 24.3 Å². The van der Waals surface area contributed by atoms with Gasteiger partial charge in [-0.15, -0.1) is 0 Å². The van der Waals surface area contributed by atoms with Gasteiger partial charge in [-0.25, -0.2) is 21.2 Å². The Hall–Kier alpha value is -1.68. The number of amides is 1. The fraction of sp³-hybridized carbons (Fsp3) is 0.500. The molecule has 134 valence electrons. The van der Waals surface area contributed by atoms with Crippen molar-refractivity contribution in [3.63, 3.8) is 0 Å². The first-order valence-electron chi connectivity index (χ1n) is 7.30. The number of hydrogen-bond acceptors (Lipinski definition) is 5. The van der Waals surface area contributed by atoms with Gasteiger partial charge in [0.2, 0.25) is 15.9 Å². The predicted octanol–water partition coefficient (Wildman–Crippen LogP) is 0.285. The Morgan fingerprint density at radius 3 is 2.46 bits per heavy atom. The average Bonchev–Trinajstić information content (AvgIpc) is 2.78. The van der Waals surface area contributed by atoms with Gasteiger partial charge in [-0.3, -0.25) is 9.10 Å². The predicted molar refractivity (Wildman–Crippen MR) is 88.4 cm³/mol. The third-order valence-corrected chi connectivity index (χ3v) is 6.62. The Kier molecular flexibility index (Phi) is 5.49. The maximum Gasteiger partial charge on any atom is 0.232 e. The molecule has 10 heteroatoms. The smallest absolute Gasteiger partial charge is 0.232 e. The highest BCUT2D eigenvalue weighted by atomic mass is 32.2. The molecule has 0 saturated carbocycles. The van der Waals surface area contributed by atoms with E-state index in [9.17, 15) is 26.0 Å². The minimum atomic E-state index is -3.64. The first-order chi connectivity index (χ1) is 11.1. The molecule has 1 unspecified atom stereocenters. The monoisotopic (exact) mass is 378 g/mol. The van der Waals surface area contributed by atoms with E-state index in [1.54, 1.807) is 0 Å². The van der Waals surface area contributed by atoms with Crippen LogP contribution in [-0.2, 0) is 24.7 Å². The van der Waals surface area contributed by atoms with Crippen LogP contribution in [0.5, 0.6) is 0 Å². The number of benzene rings is 1. The minimum Gasteiger partial charge on any atom is -0.352 e. The lowest BCUT2D eigenvalue weighted by molar-refractivity contribution is -0.121. The van der Waals surface area contributed by atoms with Crippen molar-refractivity contribution in [3.05, 3.63) is 30.1 Å². The Morgan fingerprint density at radius 1 is 1.33 bits per heavy atom. The van der Waals surface area contributed by atoms with Crippen molar-refractivity contribution in [1.29, 1.82) is 0 Å². The van der Waals surface area contributed by atoms with Crippen LogP contribution in [0.4, 0.5) is 10.1 Å². The maximum atomic E-state index is 13.0. The normalized spacial score (nSPS) is 19.8. The average molecular weight is 378 g/mol. The topological polar surface area (TPSA) is 101 Å². The molecule has 1 aromatic rings. The molecule has 1 aromatic carbocycles. The number of nitrogens with one attached hydrogen (secondary N) is 1. The molecular formula is C14H19FN2O5S2. The summed E-state index contributed by atoms with van der Waals surface area (Å²) >= 11 is 0. The summed E-state index contributed by atoms with van der Waals surface area (Å²) in [5.74, 6) is -0.963. The molecular weight excluding hydrogens is 359 g/mol. The first kappa shape index (κ1) is 18.7. The Labute approximate surface area is 140 Å². The van der Waals surface area contributed by atoms with Gasteiger partial charge in [0.1, 0.15) is 5.82 Å². The van der Waals surface area contributed by atoms with Crippen molar-refractivity contribution < 1.29 is 26.0 Å². The molecule has 1 atom stereocenters. The van der Waals surface area contributed by atoms with Crippen molar-refractivity contribution in [2.75, 3.05) is 28.6 Å². The van der Waals surface area contributed by atoms with Crippen LogP contribution in [0.2, 0.25) is 0 Å². The second-order valence-corrected chi connectivity index (χ2v) is 9.86. The number of anilines is 1. The summed E-state index contributed by atoms with van der Waals surface area (Å²) in [6.45, 7) is -0.115. The zero-order chi connectivity index (χ0) is 18.0. The van der Waals surface area contributed by atoms with Crippen molar-refractivity contribution in [2.24, 2.45) is 0 Å². The third kappa shape index (κ3) is 5.17. The molecule has 0 aromatic heterocycles. The molecule has 0 spiro atoms. The van der Waals surface area contributed by atoms with Gasteiger partial charge in [0.25, 0.3) is 0 Å². The van der Waals surface area contributed by atoms with Crippen LogP contribution in [0, 0.1) is 5.82 Å². The summed E-state index contributed by atoms with van der Waals surface area (Å²) in [5.41, 5.74) is 0.259. The first-order valence-corrected chi connectivity index (χ1v) is 11.0. The quantitative estimate of drug-likeness (QED) is 0.767. The summed E-state index contributed by atoms with van der Waals surface area (Å²) in [4.78, 5) is 11.9. The molecule has 1 heterocycles. The molecule has 1 aliphatic rings. The maximum absolute atomic E-state index is 13.0. The fourth-order valence-corrected chi connectivity index (χ4v) is 5.11. The number of nitrogens with zero attached hydrogens (tertiary/aromatic N) is 1. The van der Waals surface area contributed by atoms with Gasteiger partial charge in [0.15, 0.2) is 9.84 Å². The van der Waals surface area contributed by atoms with Crippen LogP contribution in [-0.4, -0.2) is 53.1 Å². The lowest BCUT2D eigenvalue weighted by Crippen LogP contribution is -2.39. The molecule has 0 aliphatic carbocycles. The van der Waals surface area contributed by atoms with E-state index >= 15 is 0 Å². The lowest BCUT2D eigenvalue weighted by atomic mass is 10.2. The Morgan fingerprint density at radius 2 is 1.96 bits per heavy atom. The SMILES string of the molecule is CS(=O)(=O)N(CCC(=O)NC1CCS(=O)(=O)C1)c1ccc(F)cc1. The number of carbonyl (C=O) groups is 1. The largest absolute Gasteiger partial charge is 0.352 e. The van der Waals surface area contributed by atoms with Gasteiger partial charge >= 0.3 is 0 Å². The highest BCUT2D eigenvalue weighted by Gasteiger charge is 2.29. The van der Waals surface area contributed by atoms with Gasteiger partial charge in [-0.1, -0.05) is 0 Å². The summed E-state index contributed by atoms with van der Waals surface area (Å²) in [7, 11) is -6.74. The molecule has 24 heavy (non-hydrogen) atoms. The molecule has 1 amide bonds. The van der Waals surface area contributed by atoms with Crippen LogP contribution < -0.4 is 9.62 Å².